The van der Waals surface area contributed by atoms with Crippen LogP contribution in [0.5, 0.6) is 0 Å². The van der Waals surface area contributed by atoms with Gasteiger partial charge in [0.25, 0.3) is 5.91 Å². The highest BCUT2D eigenvalue weighted by atomic mass is 16.2. The third kappa shape index (κ3) is 3.94. The molecule has 6 nitrogen and oxygen atoms in total. The summed E-state index contributed by atoms with van der Waals surface area (Å²) in [5, 5.41) is 9.41. The van der Waals surface area contributed by atoms with Crippen molar-refractivity contribution >= 4 is 11.8 Å². The highest BCUT2D eigenvalue weighted by Crippen LogP contribution is 2.05. The molecule has 2 rings (SSSR count). The first kappa shape index (κ1) is 15.8. The fraction of sp³-hybridized carbons (Fsp3) is 0.312. The largest absolute Gasteiger partial charge is 0.350 e. The van der Waals surface area contributed by atoms with Crippen LogP contribution in [0.2, 0.25) is 0 Å². The van der Waals surface area contributed by atoms with E-state index in [1.165, 1.54) is 0 Å². The molecule has 0 atom stereocenters. The Morgan fingerprint density at radius 2 is 1.91 bits per heavy atom. The standard InChI is InChI=1S/C16H20N4O2/c1-11-6-4-5-7-13(11)9-17-15(21)10-18-16(22)14-8-12(2)20(3)19-14/h4-8H,9-10H2,1-3H3,(H,17,21)(H,18,22). The molecule has 1 heterocycles. The second kappa shape index (κ2) is 6.89. The number of aryl methyl sites for hydroxylation is 3. The van der Waals surface area contributed by atoms with E-state index in [1.54, 1.807) is 17.8 Å². The molecule has 22 heavy (non-hydrogen) atoms. The molecule has 6 heteroatoms. The Labute approximate surface area is 129 Å². The SMILES string of the molecule is Cc1ccccc1CNC(=O)CNC(=O)c1cc(C)n(C)n1. The molecule has 1 aromatic carbocycles. The van der Waals surface area contributed by atoms with Gasteiger partial charge in [-0.05, 0) is 31.0 Å². The summed E-state index contributed by atoms with van der Waals surface area (Å²) in [7, 11) is 1.76. The van der Waals surface area contributed by atoms with E-state index < -0.39 is 0 Å². The van der Waals surface area contributed by atoms with Gasteiger partial charge in [-0.15, -0.1) is 0 Å². The highest BCUT2D eigenvalue weighted by Gasteiger charge is 2.12. The Kier molecular flexibility index (Phi) is 4.93. The lowest BCUT2D eigenvalue weighted by molar-refractivity contribution is -0.120. The average molecular weight is 300 g/mol. The number of carbonyl (C=O) groups excluding carboxylic acids is 2. The van der Waals surface area contributed by atoms with Gasteiger partial charge in [0.15, 0.2) is 0 Å². The minimum absolute atomic E-state index is 0.0691. The van der Waals surface area contributed by atoms with E-state index in [4.69, 9.17) is 0 Å². The van der Waals surface area contributed by atoms with E-state index in [0.29, 0.717) is 12.2 Å². The number of rotatable bonds is 5. The molecule has 1 aromatic heterocycles. The summed E-state index contributed by atoms with van der Waals surface area (Å²) in [5.41, 5.74) is 3.37. The highest BCUT2D eigenvalue weighted by molar-refractivity contribution is 5.94. The summed E-state index contributed by atoms with van der Waals surface area (Å²) in [5.74, 6) is -0.584. The van der Waals surface area contributed by atoms with Gasteiger partial charge in [0, 0.05) is 19.3 Å². The summed E-state index contributed by atoms with van der Waals surface area (Å²) in [6, 6.07) is 9.52. The van der Waals surface area contributed by atoms with E-state index in [9.17, 15) is 9.59 Å². The zero-order valence-corrected chi connectivity index (χ0v) is 13.0. The third-order valence-corrected chi connectivity index (χ3v) is 3.49. The molecule has 0 unspecified atom stereocenters. The van der Waals surface area contributed by atoms with Crippen molar-refractivity contribution in [1.82, 2.24) is 20.4 Å². The van der Waals surface area contributed by atoms with Crippen molar-refractivity contribution in [2.45, 2.75) is 20.4 Å². The Morgan fingerprint density at radius 1 is 1.18 bits per heavy atom. The maximum absolute atomic E-state index is 11.9. The molecule has 0 saturated heterocycles. The average Bonchev–Trinajstić information content (AvgIpc) is 2.83. The number of carbonyl (C=O) groups is 2. The first-order valence-electron chi connectivity index (χ1n) is 7.07. The van der Waals surface area contributed by atoms with Crippen LogP contribution in [0, 0.1) is 13.8 Å². The quantitative estimate of drug-likeness (QED) is 0.867. The van der Waals surface area contributed by atoms with Gasteiger partial charge >= 0.3 is 0 Å². The second-order valence-corrected chi connectivity index (χ2v) is 5.18. The van der Waals surface area contributed by atoms with Crippen LogP contribution >= 0.6 is 0 Å². The van der Waals surface area contributed by atoms with E-state index in [0.717, 1.165) is 16.8 Å². The van der Waals surface area contributed by atoms with Crippen molar-refractivity contribution in [1.29, 1.82) is 0 Å². The van der Waals surface area contributed by atoms with Crippen molar-refractivity contribution in [3.8, 4) is 0 Å². The molecule has 0 aliphatic rings. The van der Waals surface area contributed by atoms with Crippen LogP contribution in [0.4, 0.5) is 0 Å². The lowest BCUT2D eigenvalue weighted by atomic mass is 10.1. The van der Waals surface area contributed by atoms with Crippen molar-refractivity contribution < 1.29 is 9.59 Å². The molecular weight excluding hydrogens is 280 g/mol. The van der Waals surface area contributed by atoms with Crippen LogP contribution in [-0.2, 0) is 18.4 Å². The number of amides is 2. The van der Waals surface area contributed by atoms with Crippen LogP contribution in [0.3, 0.4) is 0 Å². The summed E-state index contributed by atoms with van der Waals surface area (Å²) in [6.07, 6.45) is 0. The van der Waals surface area contributed by atoms with Crippen molar-refractivity contribution in [2.75, 3.05) is 6.54 Å². The zero-order valence-electron chi connectivity index (χ0n) is 13.0. The smallest absolute Gasteiger partial charge is 0.272 e. The molecule has 0 radical (unpaired) electrons. The minimum Gasteiger partial charge on any atom is -0.350 e. The van der Waals surface area contributed by atoms with Gasteiger partial charge in [0.1, 0.15) is 5.69 Å². The Hall–Kier alpha value is -2.63. The van der Waals surface area contributed by atoms with Crippen molar-refractivity contribution in [3.05, 3.63) is 52.8 Å². The van der Waals surface area contributed by atoms with Crippen LogP contribution < -0.4 is 10.6 Å². The van der Waals surface area contributed by atoms with Gasteiger partial charge in [-0.1, -0.05) is 24.3 Å². The monoisotopic (exact) mass is 300 g/mol. The third-order valence-electron chi connectivity index (χ3n) is 3.49. The van der Waals surface area contributed by atoms with Crippen LogP contribution in [0.1, 0.15) is 27.3 Å². The number of hydrogen-bond donors (Lipinski definition) is 2. The maximum Gasteiger partial charge on any atom is 0.272 e. The number of hydrogen-bond acceptors (Lipinski definition) is 3. The predicted molar refractivity (Wildman–Crippen MR) is 83.3 cm³/mol. The number of nitrogens with one attached hydrogen (secondary N) is 2. The van der Waals surface area contributed by atoms with Crippen molar-refractivity contribution in [2.24, 2.45) is 7.05 Å². The lowest BCUT2D eigenvalue weighted by Crippen LogP contribution is -2.36. The minimum atomic E-state index is -0.352. The molecule has 116 valence electrons. The molecular formula is C16H20N4O2. The summed E-state index contributed by atoms with van der Waals surface area (Å²) < 4.78 is 1.62. The topological polar surface area (TPSA) is 76.0 Å². The summed E-state index contributed by atoms with van der Waals surface area (Å²) in [6.45, 7) is 4.23. The molecule has 0 fully saturated rings. The first-order chi connectivity index (χ1) is 10.5. The molecule has 0 saturated carbocycles. The molecule has 2 N–H and O–H groups in total. The number of nitrogens with zero attached hydrogens (tertiary/aromatic N) is 2. The normalized spacial score (nSPS) is 10.3. The number of aromatic nitrogens is 2. The molecule has 0 aliphatic carbocycles. The molecule has 0 bridgehead atoms. The molecule has 0 spiro atoms. The fourth-order valence-electron chi connectivity index (χ4n) is 1.99. The zero-order chi connectivity index (χ0) is 16.1. The second-order valence-electron chi connectivity index (χ2n) is 5.18. The van der Waals surface area contributed by atoms with Crippen LogP contribution in [-0.4, -0.2) is 28.1 Å². The van der Waals surface area contributed by atoms with E-state index in [1.807, 2.05) is 38.1 Å². The number of benzene rings is 1. The van der Waals surface area contributed by atoms with E-state index in [2.05, 4.69) is 15.7 Å². The summed E-state index contributed by atoms with van der Waals surface area (Å²) >= 11 is 0. The molecule has 0 aliphatic heterocycles. The van der Waals surface area contributed by atoms with Crippen LogP contribution in [0.15, 0.2) is 30.3 Å². The Balaban J connectivity index is 1.80. The predicted octanol–water partition coefficient (Wildman–Crippen LogP) is 1.08. The van der Waals surface area contributed by atoms with Gasteiger partial charge < -0.3 is 10.6 Å². The van der Waals surface area contributed by atoms with E-state index in [-0.39, 0.29) is 18.4 Å². The van der Waals surface area contributed by atoms with Gasteiger partial charge in [0.2, 0.25) is 5.91 Å². The molecule has 2 amide bonds. The first-order valence-corrected chi connectivity index (χ1v) is 7.07. The fourth-order valence-corrected chi connectivity index (χ4v) is 1.99. The van der Waals surface area contributed by atoms with E-state index >= 15 is 0 Å². The summed E-state index contributed by atoms with van der Waals surface area (Å²) in [4.78, 5) is 23.7. The van der Waals surface area contributed by atoms with Gasteiger partial charge in [-0.25, -0.2) is 0 Å². The van der Waals surface area contributed by atoms with Gasteiger partial charge in [-0.2, -0.15) is 5.10 Å². The van der Waals surface area contributed by atoms with Gasteiger partial charge in [-0.3, -0.25) is 14.3 Å². The van der Waals surface area contributed by atoms with Crippen LogP contribution in [0.25, 0.3) is 0 Å². The Morgan fingerprint density at radius 3 is 2.55 bits per heavy atom. The lowest BCUT2D eigenvalue weighted by Gasteiger charge is -2.08. The van der Waals surface area contributed by atoms with Crippen molar-refractivity contribution in [3.63, 3.8) is 0 Å². The molecule has 2 aromatic rings. The Bertz CT molecular complexity index is 672. The van der Waals surface area contributed by atoms with Gasteiger partial charge in [0.05, 0.1) is 6.54 Å². The maximum atomic E-state index is 11.9.